The number of benzene rings is 1. The molecule has 0 saturated carbocycles. The Morgan fingerprint density at radius 3 is 2.94 bits per heavy atom. The molecule has 1 aliphatic heterocycles. The minimum atomic E-state index is -0.508. The number of carbonyl (C=O) groups is 1. The number of amides is 1. The van der Waals surface area contributed by atoms with Crippen molar-refractivity contribution in [1.82, 2.24) is 0 Å². The third-order valence-corrected chi connectivity index (χ3v) is 2.20. The molecule has 0 aromatic heterocycles. The highest BCUT2D eigenvalue weighted by molar-refractivity contribution is 5.96. The molecule has 1 amide bonds. The van der Waals surface area contributed by atoms with Gasteiger partial charge in [-0.2, -0.15) is 0 Å². The van der Waals surface area contributed by atoms with Crippen molar-refractivity contribution in [3.05, 3.63) is 22.2 Å². The van der Waals surface area contributed by atoms with Crippen molar-refractivity contribution in [2.24, 2.45) is 0 Å². The van der Waals surface area contributed by atoms with Crippen molar-refractivity contribution in [3.8, 4) is 5.75 Å². The van der Waals surface area contributed by atoms with Gasteiger partial charge in [0.15, 0.2) is 12.4 Å². The van der Waals surface area contributed by atoms with E-state index in [2.05, 4.69) is 10.6 Å². The highest BCUT2D eigenvalue weighted by Gasteiger charge is 2.22. The van der Waals surface area contributed by atoms with Crippen LogP contribution in [0.15, 0.2) is 12.1 Å². The molecule has 7 heteroatoms. The first-order valence-corrected chi connectivity index (χ1v) is 4.54. The van der Waals surface area contributed by atoms with Crippen LogP contribution in [0.25, 0.3) is 0 Å². The lowest BCUT2D eigenvalue weighted by molar-refractivity contribution is -0.384. The molecule has 0 aliphatic carbocycles. The summed E-state index contributed by atoms with van der Waals surface area (Å²) < 4.78 is 5.08. The maximum absolute atomic E-state index is 11.1. The van der Waals surface area contributed by atoms with Crippen LogP contribution < -0.4 is 15.4 Å². The molecule has 0 unspecified atom stereocenters. The maximum Gasteiger partial charge on any atom is 0.296 e. The SMILES string of the molecule is CNc1cc2c(cc1[N+](=O)[O-])OCC(=O)N2. The summed E-state index contributed by atoms with van der Waals surface area (Å²) in [4.78, 5) is 21.3. The average Bonchev–Trinajstić information content (AvgIpc) is 2.26. The van der Waals surface area contributed by atoms with E-state index < -0.39 is 4.92 Å². The summed E-state index contributed by atoms with van der Waals surface area (Å²) in [5, 5.41) is 16.0. The molecular formula is C9H9N3O4. The normalized spacial score (nSPS) is 13.4. The quantitative estimate of drug-likeness (QED) is 0.575. The number of nitro benzene ring substituents is 1. The third kappa shape index (κ3) is 1.62. The molecule has 0 atom stereocenters. The van der Waals surface area contributed by atoms with E-state index in [0.717, 1.165) is 0 Å². The number of ether oxygens (including phenoxy) is 1. The molecule has 0 fully saturated rings. The van der Waals surface area contributed by atoms with Crippen LogP contribution in [0.5, 0.6) is 5.75 Å². The van der Waals surface area contributed by atoms with Gasteiger partial charge >= 0.3 is 0 Å². The highest BCUT2D eigenvalue weighted by atomic mass is 16.6. The number of fused-ring (bicyclic) bond motifs is 1. The molecule has 84 valence electrons. The summed E-state index contributed by atoms with van der Waals surface area (Å²) in [5.41, 5.74) is 0.679. The van der Waals surface area contributed by atoms with E-state index in [1.165, 1.54) is 12.1 Å². The van der Waals surface area contributed by atoms with E-state index in [0.29, 0.717) is 17.1 Å². The van der Waals surface area contributed by atoms with Crippen molar-refractivity contribution >= 4 is 23.0 Å². The van der Waals surface area contributed by atoms with Gasteiger partial charge < -0.3 is 15.4 Å². The number of hydrogen-bond acceptors (Lipinski definition) is 5. The minimum Gasteiger partial charge on any atom is -0.481 e. The second-order valence-corrected chi connectivity index (χ2v) is 3.21. The van der Waals surface area contributed by atoms with Crippen LogP contribution >= 0.6 is 0 Å². The Bertz CT molecular complexity index is 472. The largest absolute Gasteiger partial charge is 0.481 e. The van der Waals surface area contributed by atoms with Crippen LogP contribution in [0, 0.1) is 10.1 Å². The number of anilines is 2. The Balaban J connectivity index is 2.52. The summed E-state index contributed by atoms with van der Waals surface area (Å²) in [6.07, 6.45) is 0. The number of hydrogen-bond donors (Lipinski definition) is 2. The average molecular weight is 223 g/mol. The molecule has 2 N–H and O–H groups in total. The molecule has 0 saturated heterocycles. The van der Waals surface area contributed by atoms with Gasteiger partial charge in [0.2, 0.25) is 0 Å². The van der Waals surface area contributed by atoms with Gasteiger partial charge in [0.05, 0.1) is 16.7 Å². The van der Waals surface area contributed by atoms with E-state index in [9.17, 15) is 14.9 Å². The van der Waals surface area contributed by atoms with Crippen molar-refractivity contribution in [2.45, 2.75) is 0 Å². The zero-order valence-corrected chi connectivity index (χ0v) is 8.44. The summed E-state index contributed by atoms with van der Waals surface area (Å²) in [6.45, 7) is -0.122. The minimum absolute atomic E-state index is 0.0857. The maximum atomic E-state index is 11.1. The Morgan fingerprint density at radius 1 is 1.56 bits per heavy atom. The van der Waals surface area contributed by atoms with Crippen molar-refractivity contribution in [2.75, 3.05) is 24.3 Å². The molecular weight excluding hydrogens is 214 g/mol. The number of nitro groups is 1. The summed E-state index contributed by atoms with van der Waals surface area (Å²) in [6, 6.07) is 2.77. The standard InChI is InChI=1S/C9H9N3O4/c1-10-5-2-6-8(3-7(5)12(14)15)16-4-9(13)11-6/h2-3,10H,4H2,1H3,(H,11,13). The molecule has 1 heterocycles. The van der Waals surface area contributed by atoms with Crippen LogP contribution in [0.2, 0.25) is 0 Å². The molecule has 0 bridgehead atoms. The zero-order chi connectivity index (χ0) is 11.7. The van der Waals surface area contributed by atoms with E-state index in [4.69, 9.17) is 4.74 Å². The van der Waals surface area contributed by atoms with E-state index >= 15 is 0 Å². The van der Waals surface area contributed by atoms with Crippen LogP contribution in [0.3, 0.4) is 0 Å². The lowest BCUT2D eigenvalue weighted by atomic mass is 10.2. The van der Waals surface area contributed by atoms with Crippen LogP contribution in [0.1, 0.15) is 0 Å². The number of nitrogens with one attached hydrogen (secondary N) is 2. The molecule has 1 aromatic carbocycles. The molecule has 16 heavy (non-hydrogen) atoms. The fraction of sp³-hybridized carbons (Fsp3) is 0.222. The van der Waals surface area contributed by atoms with Crippen LogP contribution in [0.4, 0.5) is 17.1 Å². The number of nitrogens with zero attached hydrogens (tertiary/aromatic N) is 1. The lowest BCUT2D eigenvalue weighted by Gasteiger charge is -2.18. The first-order chi connectivity index (χ1) is 7.61. The van der Waals surface area contributed by atoms with Crippen molar-refractivity contribution in [3.63, 3.8) is 0 Å². The van der Waals surface area contributed by atoms with Gasteiger partial charge in [-0.1, -0.05) is 0 Å². The molecule has 0 radical (unpaired) electrons. The molecule has 1 aromatic rings. The van der Waals surface area contributed by atoms with Crippen molar-refractivity contribution in [1.29, 1.82) is 0 Å². The predicted octanol–water partition coefficient (Wildman–Crippen LogP) is 0.967. The first-order valence-electron chi connectivity index (χ1n) is 4.54. The van der Waals surface area contributed by atoms with E-state index in [-0.39, 0.29) is 18.2 Å². The summed E-state index contributed by atoms with van der Waals surface area (Å²) in [5.74, 6) is 0.0358. The topological polar surface area (TPSA) is 93.5 Å². The smallest absolute Gasteiger partial charge is 0.296 e. The van der Waals surface area contributed by atoms with E-state index in [1.54, 1.807) is 7.05 Å². The second-order valence-electron chi connectivity index (χ2n) is 3.21. The summed E-state index contributed by atoms with van der Waals surface area (Å²) in [7, 11) is 1.57. The van der Waals surface area contributed by atoms with Crippen molar-refractivity contribution < 1.29 is 14.5 Å². The van der Waals surface area contributed by atoms with Crippen LogP contribution in [-0.4, -0.2) is 24.5 Å². The van der Waals surface area contributed by atoms with Gasteiger partial charge in [0, 0.05) is 7.05 Å². The molecule has 0 spiro atoms. The van der Waals surface area contributed by atoms with Gasteiger partial charge in [0.1, 0.15) is 5.69 Å². The van der Waals surface area contributed by atoms with E-state index in [1.807, 2.05) is 0 Å². The molecule has 2 rings (SSSR count). The third-order valence-electron chi connectivity index (χ3n) is 2.20. The van der Waals surface area contributed by atoms with Gasteiger partial charge in [-0.25, -0.2) is 0 Å². The van der Waals surface area contributed by atoms with Gasteiger partial charge in [-0.3, -0.25) is 14.9 Å². The van der Waals surface area contributed by atoms with Crippen LogP contribution in [-0.2, 0) is 4.79 Å². The van der Waals surface area contributed by atoms with Gasteiger partial charge in [-0.05, 0) is 6.07 Å². The number of rotatable bonds is 2. The first kappa shape index (κ1) is 10.2. The second kappa shape index (κ2) is 3.69. The fourth-order valence-corrected chi connectivity index (χ4v) is 1.47. The predicted molar refractivity (Wildman–Crippen MR) is 56.8 cm³/mol. The zero-order valence-electron chi connectivity index (χ0n) is 8.44. The molecule has 7 nitrogen and oxygen atoms in total. The van der Waals surface area contributed by atoms with Gasteiger partial charge in [-0.15, -0.1) is 0 Å². The Morgan fingerprint density at radius 2 is 2.31 bits per heavy atom. The monoisotopic (exact) mass is 223 g/mol. The number of carbonyl (C=O) groups excluding carboxylic acids is 1. The Kier molecular flexibility index (Phi) is 2.35. The highest BCUT2D eigenvalue weighted by Crippen LogP contribution is 2.37. The Labute approximate surface area is 90.5 Å². The lowest BCUT2D eigenvalue weighted by Crippen LogP contribution is -2.25. The van der Waals surface area contributed by atoms with Gasteiger partial charge in [0.25, 0.3) is 11.6 Å². The fourth-order valence-electron chi connectivity index (χ4n) is 1.47. The Hall–Kier alpha value is -2.31. The molecule has 1 aliphatic rings. The summed E-state index contributed by atoms with van der Waals surface area (Å²) >= 11 is 0.